The molecule has 3 saturated carbocycles. The normalized spacial score (nSPS) is 22.0. The summed E-state index contributed by atoms with van der Waals surface area (Å²) in [5.41, 5.74) is 2.98. The van der Waals surface area contributed by atoms with Crippen molar-refractivity contribution in [1.29, 1.82) is 0 Å². The van der Waals surface area contributed by atoms with Gasteiger partial charge in [0.15, 0.2) is 11.5 Å². The van der Waals surface area contributed by atoms with Crippen LogP contribution < -0.4 is 36.5 Å². The molecular weight excluding hydrogens is 1330 g/mol. The van der Waals surface area contributed by atoms with E-state index in [0.29, 0.717) is 52.1 Å². The van der Waals surface area contributed by atoms with Gasteiger partial charge >= 0.3 is 30.1 Å². The second kappa shape index (κ2) is 35.1. The van der Waals surface area contributed by atoms with Crippen LogP contribution in [0.3, 0.4) is 0 Å². The molecule has 14 rings (SSSR count). The topological polar surface area (TPSA) is 325 Å². The predicted molar refractivity (Wildman–Crippen MR) is 379 cm³/mol. The largest absolute Gasteiger partial charge is 0.494 e. The van der Waals surface area contributed by atoms with E-state index in [1.165, 1.54) is 55.1 Å². The molecule has 5 atom stereocenters. The lowest BCUT2D eigenvalue weighted by molar-refractivity contribution is -0.152. The summed E-state index contributed by atoms with van der Waals surface area (Å²) >= 11 is 5.19. The average molecular weight is 1430 g/mol. The van der Waals surface area contributed by atoms with Gasteiger partial charge in [-0.25, -0.2) is 33.3 Å². The molecule has 0 unspecified atom stereocenters. The van der Waals surface area contributed by atoms with Crippen molar-refractivity contribution < 1.29 is 71.9 Å². The van der Waals surface area contributed by atoms with E-state index in [1.807, 2.05) is 42.5 Å². The molecule has 3 aliphatic carbocycles. The lowest BCUT2D eigenvalue weighted by Crippen LogP contribution is -2.64. The fourth-order valence-corrected chi connectivity index (χ4v) is 14.6. The summed E-state index contributed by atoms with van der Waals surface area (Å²) in [5.74, 6) is -1.40. The Morgan fingerprint density at radius 2 is 0.951 bits per heavy atom. The van der Waals surface area contributed by atoms with Crippen LogP contribution in [0.1, 0.15) is 142 Å². The zero-order valence-corrected chi connectivity index (χ0v) is 61.1. The van der Waals surface area contributed by atoms with E-state index in [1.54, 1.807) is 96.9 Å². The van der Waals surface area contributed by atoms with E-state index >= 15 is 0 Å². The Kier molecular flexibility index (Phi) is 27.1. The first-order chi connectivity index (χ1) is 48.4. The minimum Gasteiger partial charge on any atom is -0.494 e. The number of hydrogen-bond acceptors (Lipinski definition) is 19. The van der Waals surface area contributed by atoms with E-state index in [0.717, 1.165) is 100 Å². The fourth-order valence-electron chi connectivity index (χ4n) is 14.5. The summed E-state index contributed by atoms with van der Waals surface area (Å²) in [6, 6.07) is 21.1. The number of rotatable bonds is 18. The van der Waals surface area contributed by atoms with Crippen molar-refractivity contribution in [3.05, 3.63) is 129 Å². The van der Waals surface area contributed by atoms with E-state index < -0.39 is 71.4 Å². The number of carboxylic acids is 1. The standard InChI is InChI=1S/C29H38N4O7.C24H30N4O5.C13H21NO4.C9H9ClO/c1-29(2,3)40-28(37)33-20-13-11-19(12-14-20)24(33)25(34)31-21(27(36)39-6)15-17-7-9-18(10-8-17)23-22(38-5)16-30-32(4)26(23)35;1-28-23(30)20(19(32-2)13-25-28)15-6-4-14(5-7-15)12-18(24(31)33-3)27-22(29)21-16-8-10-17(26-21)11-9-16;1-13(2,3)18-12(17)14-9-6-4-8(5-7-9)10(14)11(15)16;10-9(11)7-6-8-4-2-1-3-5-8/h7-10,16,19-21,24H,11-15H2,1-6H3,(H,31,34);4-7,13,16-18,21,26H,8-12H2,1-3H3,(H,27,29);8-10H,4-7H2,1-3H3,(H,15,16);1-5H,6-7H2/t19?,20?,21-,24-;16?,17?,18-,21-;8?,9?,10-;/m000./s1. The minimum atomic E-state index is -0.965. The number of halogens is 1. The van der Waals surface area contributed by atoms with Crippen LogP contribution in [0.5, 0.6) is 11.5 Å². The Labute approximate surface area is 599 Å². The number of aromatic nitrogens is 4. The summed E-state index contributed by atoms with van der Waals surface area (Å²) < 4.78 is 34.0. The number of carbonyl (C=O) groups excluding carboxylic acids is 7. The molecule has 2 aromatic heterocycles. The van der Waals surface area contributed by atoms with Crippen molar-refractivity contribution >= 4 is 58.8 Å². The molecule has 6 bridgehead atoms. The van der Waals surface area contributed by atoms with Crippen LogP contribution in [0.15, 0.2) is 101 Å². The molecule has 6 saturated heterocycles. The number of nitrogens with zero attached hydrogens (tertiary/aromatic N) is 6. The first kappa shape index (κ1) is 78.5. The summed E-state index contributed by atoms with van der Waals surface area (Å²) in [6.45, 7) is 10.8. The number of aliphatic carboxylic acids is 1. The van der Waals surface area contributed by atoms with E-state index in [9.17, 15) is 53.1 Å². The third kappa shape index (κ3) is 20.3. The number of nitrogens with one attached hydrogen (secondary N) is 3. The lowest BCUT2D eigenvalue weighted by atomic mass is 9.74. The molecule has 4 N–H and O–H groups in total. The second-order valence-electron chi connectivity index (χ2n) is 28.7. The van der Waals surface area contributed by atoms with Gasteiger partial charge in [0.1, 0.15) is 35.4 Å². The first-order valence-corrected chi connectivity index (χ1v) is 35.2. The van der Waals surface area contributed by atoms with Gasteiger partial charge in [-0.15, -0.1) is 0 Å². The maximum absolute atomic E-state index is 13.6. The maximum atomic E-state index is 13.6. The molecule has 0 spiro atoms. The molecule has 8 heterocycles. The van der Waals surface area contributed by atoms with Crippen LogP contribution in [0.4, 0.5) is 9.59 Å². The SMILES string of the molecule is CC(C)(C)OC(=O)N1C2CCC(CC2)[C@H]1C(=O)O.COC(=O)[C@H](Cc1ccc(-c2c(OC)cnn(C)c2=O)cc1)NC(=O)[C@@H]1C2CCC(CC2)N1C(=O)OC(C)(C)C.COC(=O)[C@H](Cc1ccc(-c2c(OC)cnn(C)c2=O)cc1)NC(=O)[C@H]1NC2CCC1CC2.O=C(Cl)CCc1ccccc1. The van der Waals surface area contributed by atoms with Crippen molar-refractivity contribution in [2.45, 2.75) is 204 Å². The number of ether oxygens (including phenoxy) is 6. The number of methoxy groups -OCH3 is 4. The van der Waals surface area contributed by atoms with E-state index in [-0.39, 0.29) is 65.1 Å². The molecule has 552 valence electrons. The molecule has 0 radical (unpaired) electrons. The van der Waals surface area contributed by atoms with Gasteiger partial charge in [0.05, 0.1) is 58.0 Å². The van der Waals surface area contributed by atoms with Crippen LogP contribution in [0, 0.1) is 17.8 Å². The van der Waals surface area contributed by atoms with Crippen molar-refractivity contribution in [2.75, 3.05) is 28.4 Å². The molecule has 5 aromatic rings. The summed E-state index contributed by atoms with van der Waals surface area (Å²) in [4.78, 5) is 127. The third-order valence-electron chi connectivity index (χ3n) is 19.5. The van der Waals surface area contributed by atoms with Crippen LogP contribution in [-0.2, 0) is 81.1 Å². The molecule has 26 nitrogen and oxygen atoms in total. The molecule has 27 heteroatoms. The Bertz CT molecular complexity index is 3870. The number of hydrogen-bond donors (Lipinski definition) is 4. The third-order valence-corrected chi connectivity index (χ3v) is 19.7. The molecule has 3 aromatic carbocycles. The van der Waals surface area contributed by atoms with E-state index in [2.05, 4.69) is 26.1 Å². The van der Waals surface area contributed by atoms with Crippen LogP contribution in [0.2, 0.25) is 0 Å². The van der Waals surface area contributed by atoms with Crippen LogP contribution in [0.25, 0.3) is 22.3 Å². The van der Waals surface area contributed by atoms with Gasteiger partial charge in [0.25, 0.3) is 11.1 Å². The zero-order chi connectivity index (χ0) is 74.3. The van der Waals surface area contributed by atoms with Crippen molar-refractivity contribution in [2.24, 2.45) is 31.8 Å². The quantitative estimate of drug-likeness (QED) is 0.0362. The molecule has 6 aliphatic heterocycles. The molecule has 102 heavy (non-hydrogen) atoms. The van der Waals surface area contributed by atoms with Crippen molar-refractivity contribution in [3.8, 4) is 33.8 Å². The molecule has 9 aliphatic rings. The molecule has 9 fully saturated rings. The number of esters is 2. The second-order valence-corrected chi connectivity index (χ2v) is 29.2. The fraction of sp³-hybridized carbons (Fsp3) is 0.547. The van der Waals surface area contributed by atoms with Crippen LogP contribution >= 0.6 is 11.6 Å². The van der Waals surface area contributed by atoms with E-state index in [4.69, 9.17) is 40.0 Å². The highest BCUT2D eigenvalue weighted by Crippen LogP contribution is 2.42. The zero-order valence-electron chi connectivity index (χ0n) is 60.4. The van der Waals surface area contributed by atoms with Gasteiger partial charge in [-0.2, -0.15) is 10.2 Å². The number of carbonyl (C=O) groups is 8. The number of aryl methyl sites for hydroxylation is 3. The highest BCUT2D eigenvalue weighted by Gasteiger charge is 2.51. The maximum Gasteiger partial charge on any atom is 0.411 e. The Morgan fingerprint density at radius 1 is 0.549 bits per heavy atom. The predicted octanol–water partition coefficient (Wildman–Crippen LogP) is 8.65. The average Bonchev–Trinajstić information content (AvgIpc) is 0.776. The van der Waals surface area contributed by atoms with Gasteiger partial charge < -0.3 is 49.5 Å². The van der Waals surface area contributed by atoms with Crippen molar-refractivity contribution in [3.63, 3.8) is 0 Å². The number of fused-ring (bicyclic) bond motifs is 9. The van der Waals surface area contributed by atoms with Gasteiger partial charge in [-0.1, -0.05) is 78.9 Å². The lowest BCUT2D eigenvalue weighted by Gasteiger charge is -2.50. The summed E-state index contributed by atoms with van der Waals surface area (Å²) in [5, 5.41) is 26.2. The summed E-state index contributed by atoms with van der Waals surface area (Å²) in [6.07, 6.45) is 14.8. The number of benzene rings is 3. The smallest absolute Gasteiger partial charge is 0.411 e. The summed E-state index contributed by atoms with van der Waals surface area (Å²) in [7, 11) is 8.69. The Balaban J connectivity index is 0.000000189. The highest BCUT2D eigenvalue weighted by atomic mass is 35.5. The van der Waals surface area contributed by atoms with Crippen LogP contribution in [-0.4, -0.2) is 170 Å². The monoisotopic (exact) mass is 1430 g/mol. The van der Waals surface area contributed by atoms with Crippen molar-refractivity contribution in [1.82, 2.24) is 45.3 Å². The minimum absolute atomic E-state index is 0.00643. The highest BCUT2D eigenvalue weighted by molar-refractivity contribution is 6.63. The van der Waals surface area contributed by atoms with Gasteiger partial charge in [0, 0.05) is 51.5 Å². The van der Waals surface area contributed by atoms with Gasteiger partial charge in [-0.3, -0.25) is 33.8 Å². The van der Waals surface area contributed by atoms with Gasteiger partial charge in [0.2, 0.25) is 17.1 Å². The van der Waals surface area contributed by atoms with Gasteiger partial charge in [-0.05, 0) is 182 Å². The number of piperidine rings is 6. The number of amides is 4. The molecular formula is C75H98ClN9O17. The number of carboxylic acid groups (broad SMARTS) is 1. The molecule has 4 amide bonds. The first-order valence-electron chi connectivity index (χ1n) is 34.8. The Morgan fingerprint density at radius 3 is 1.32 bits per heavy atom. The Hall–Kier alpha value is -9.17.